The molecule has 0 amide bonds. The summed E-state index contributed by atoms with van der Waals surface area (Å²) in [5.74, 6) is -0.428. The molecule has 2 aromatic rings. The van der Waals surface area contributed by atoms with Gasteiger partial charge in [0.05, 0.1) is 24.4 Å². The highest BCUT2D eigenvalue weighted by molar-refractivity contribution is 5.89. The number of methoxy groups -OCH3 is 1. The summed E-state index contributed by atoms with van der Waals surface area (Å²) >= 11 is 0. The molecular formula is C16H18N2O3. The molecule has 0 unspecified atom stereocenters. The summed E-state index contributed by atoms with van der Waals surface area (Å²) in [5.41, 5.74) is 1.85. The van der Waals surface area contributed by atoms with Crippen molar-refractivity contribution in [2.45, 2.75) is 31.7 Å². The molecule has 1 aliphatic carbocycles. The normalized spacial score (nSPS) is 15.3. The van der Waals surface area contributed by atoms with Gasteiger partial charge in [-0.05, 0) is 37.1 Å². The molecule has 0 saturated heterocycles. The number of aromatic carboxylic acids is 1. The van der Waals surface area contributed by atoms with E-state index in [1.165, 1.54) is 31.7 Å². The van der Waals surface area contributed by atoms with Gasteiger partial charge in [0.15, 0.2) is 0 Å². The van der Waals surface area contributed by atoms with E-state index in [1.54, 1.807) is 19.2 Å². The number of aromatic nitrogens is 2. The number of hydrogen-bond donors (Lipinski definition) is 1. The molecule has 0 radical (unpaired) electrons. The smallest absolute Gasteiger partial charge is 0.335 e. The van der Waals surface area contributed by atoms with E-state index in [0.717, 1.165) is 11.3 Å². The molecule has 1 aromatic carbocycles. The molecule has 1 saturated carbocycles. The van der Waals surface area contributed by atoms with E-state index < -0.39 is 5.97 Å². The Bertz CT molecular complexity index is 657. The number of carboxylic acid groups (broad SMARTS) is 1. The predicted molar refractivity (Wildman–Crippen MR) is 78.7 cm³/mol. The Morgan fingerprint density at radius 2 is 2.10 bits per heavy atom. The predicted octanol–water partition coefficient (Wildman–Crippen LogP) is 3.37. The average Bonchev–Trinajstić information content (AvgIpc) is 3.17. The van der Waals surface area contributed by atoms with Crippen LogP contribution in [0.2, 0.25) is 0 Å². The second-order valence-corrected chi connectivity index (χ2v) is 5.34. The van der Waals surface area contributed by atoms with Gasteiger partial charge in [-0.15, -0.1) is 0 Å². The van der Waals surface area contributed by atoms with Crippen LogP contribution in [0, 0.1) is 0 Å². The summed E-state index contributed by atoms with van der Waals surface area (Å²) < 4.78 is 7.33. The van der Waals surface area contributed by atoms with Gasteiger partial charge in [-0.25, -0.2) is 4.79 Å². The number of benzene rings is 1. The quantitative estimate of drug-likeness (QED) is 0.936. The second kappa shape index (κ2) is 5.60. The van der Waals surface area contributed by atoms with Crippen molar-refractivity contribution in [2.24, 2.45) is 0 Å². The van der Waals surface area contributed by atoms with Crippen LogP contribution in [0.1, 0.15) is 42.1 Å². The molecule has 0 bridgehead atoms. The zero-order chi connectivity index (χ0) is 14.8. The molecule has 1 heterocycles. The molecule has 1 fully saturated rings. The second-order valence-electron chi connectivity index (χ2n) is 5.34. The maximum Gasteiger partial charge on any atom is 0.335 e. The van der Waals surface area contributed by atoms with Gasteiger partial charge < -0.3 is 9.84 Å². The lowest BCUT2D eigenvalue weighted by molar-refractivity contribution is 0.0696. The molecular weight excluding hydrogens is 268 g/mol. The maximum atomic E-state index is 11.0. The van der Waals surface area contributed by atoms with Crippen LogP contribution in [0.25, 0.3) is 11.3 Å². The Labute approximate surface area is 123 Å². The van der Waals surface area contributed by atoms with Gasteiger partial charge in [-0.3, -0.25) is 4.68 Å². The van der Waals surface area contributed by atoms with Crippen molar-refractivity contribution in [1.29, 1.82) is 0 Å². The minimum absolute atomic E-state index is 0.214. The van der Waals surface area contributed by atoms with E-state index in [4.69, 9.17) is 9.84 Å². The Hall–Kier alpha value is -2.30. The topological polar surface area (TPSA) is 64.3 Å². The summed E-state index contributed by atoms with van der Waals surface area (Å²) in [5, 5.41) is 13.7. The lowest BCUT2D eigenvalue weighted by Crippen LogP contribution is -2.05. The summed E-state index contributed by atoms with van der Waals surface area (Å²) in [4.78, 5) is 11.0. The standard InChI is InChI=1S/C16H18N2O3/c1-21-15-10-11(16(19)20)6-7-13(15)14-8-9-18(17-14)12-4-2-3-5-12/h6-10,12H,2-5H2,1H3,(H,19,20). The van der Waals surface area contributed by atoms with Crippen molar-refractivity contribution in [3.8, 4) is 17.0 Å². The number of ether oxygens (including phenoxy) is 1. The van der Waals surface area contributed by atoms with Crippen molar-refractivity contribution < 1.29 is 14.6 Å². The van der Waals surface area contributed by atoms with Crippen LogP contribution in [-0.2, 0) is 0 Å². The van der Waals surface area contributed by atoms with Crippen molar-refractivity contribution in [2.75, 3.05) is 7.11 Å². The molecule has 1 aliphatic rings. The summed E-state index contributed by atoms with van der Waals surface area (Å²) in [6.07, 6.45) is 6.87. The van der Waals surface area contributed by atoms with Crippen LogP contribution in [0.5, 0.6) is 5.75 Å². The fourth-order valence-electron chi connectivity index (χ4n) is 2.89. The van der Waals surface area contributed by atoms with Crippen molar-refractivity contribution in [1.82, 2.24) is 9.78 Å². The van der Waals surface area contributed by atoms with Crippen LogP contribution in [0.4, 0.5) is 0 Å². The van der Waals surface area contributed by atoms with Gasteiger partial charge in [0.2, 0.25) is 0 Å². The van der Waals surface area contributed by atoms with E-state index in [0.29, 0.717) is 11.8 Å². The van der Waals surface area contributed by atoms with Crippen LogP contribution < -0.4 is 4.74 Å². The number of hydrogen-bond acceptors (Lipinski definition) is 3. The molecule has 0 atom stereocenters. The fourth-order valence-corrected chi connectivity index (χ4v) is 2.89. The third-order valence-corrected chi connectivity index (χ3v) is 4.03. The van der Waals surface area contributed by atoms with E-state index in [2.05, 4.69) is 5.10 Å². The molecule has 0 aliphatic heterocycles. The number of carbonyl (C=O) groups is 1. The largest absolute Gasteiger partial charge is 0.496 e. The Morgan fingerprint density at radius 1 is 1.33 bits per heavy atom. The fraction of sp³-hybridized carbons (Fsp3) is 0.375. The third kappa shape index (κ3) is 2.63. The minimum atomic E-state index is -0.962. The zero-order valence-electron chi connectivity index (χ0n) is 12.0. The highest BCUT2D eigenvalue weighted by Gasteiger charge is 2.19. The third-order valence-electron chi connectivity index (χ3n) is 4.03. The first-order chi connectivity index (χ1) is 10.2. The highest BCUT2D eigenvalue weighted by atomic mass is 16.5. The summed E-state index contributed by atoms with van der Waals surface area (Å²) in [7, 11) is 1.54. The molecule has 1 aromatic heterocycles. The first-order valence-corrected chi connectivity index (χ1v) is 7.16. The van der Waals surface area contributed by atoms with Crippen LogP contribution in [0.3, 0.4) is 0 Å². The molecule has 0 spiro atoms. The van der Waals surface area contributed by atoms with Crippen molar-refractivity contribution in [3.05, 3.63) is 36.0 Å². The SMILES string of the molecule is COc1cc(C(=O)O)ccc1-c1ccn(C2CCCC2)n1. The lowest BCUT2D eigenvalue weighted by Gasteiger charge is -2.10. The van der Waals surface area contributed by atoms with E-state index >= 15 is 0 Å². The van der Waals surface area contributed by atoms with Crippen LogP contribution in [0.15, 0.2) is 30.5 Å². The molecule has 3 rings (SSSR count). The van der Waals surface area contributed by atoms with Crippen LogP contribution in [-0.4, -0.2) is 28.0 Å². The van der Waals surface area contributed by atoms with Gasteiger partial charge >= 0.3 is 5.97 Å². The first-order valence-electron chi connectivity index (χ1n) is 7.16. The highest BCUT2D eigenvalue weighted by Crippen LogP contribution is 2.33. The number of rotatable bonds is 4. The van der Waals surface area contributed by atoms with Crippen LogP contribution >= 0.6 is 0 Å². The molecule has 5 nitrogen and oxygen atoms in total. The first kappa shape index (κ1) is 13.7. The van der Waals surface area contributed by atoms with Gasteiger partial charge in [0.25, 0.3) is 0 Å². The van der Waals surface area contributed by atoms with Gasteiger partial charge in [0, 0.05) is 11.8 Å². The maximum absolute atomic E-state index is 11.0. The lowest BCUT2D eigenvalue weighted by atomic mass is 10.1. The number of carboxylic acids is 1. The van der Waals surface area contributed by atoms with Gasteiger partial charge in [-0.1, -0.05) is 12.8 Å². The van der Waals surface area contributed by atoms with E-state index in [1.807, 2.05) is 16.9 Å². The van der Waals surface area contributed by atoms with Crippen molar-refractivity contribution >= 4 is 5.97 Å². The minimum Gasteiger partial charge on any atom is -0.496 e. The molecule has 5 heteroatoms. The summed E-state index contributed by atoms with van der Waals surface area (Å²) in [6.45, 7) is 0. The summed E-state index contributed by atoms with van der Waals surface area (Å²) in [6, 6.07) is 7.31. The Morgan fingerprint density at radius 3 is 2.76 bits per heavy atom. The molecule has 110 valence electrons. The van der Waals surface area contributed by atoms with Gasteiger partial charge in [0.1, 0.15) is 5.75 Å². The Kier molecular flexibility index (Phi) is 3.64. The van der Waals surface area contributed by atoms with Crippen molar-refractivity contribution in [3.63, 3.8) is 0 Å². The van der Waals surface area contributed by atoms with E-state index in [-0.39, 0.29) is 5.56 Å². The Balaban J connectivity index is 1.94. The average molecular weight is 286 g/mol. The zero-order valence-corrected chi connectivity index (χ0v) is 12.0. The van der Waals surface area contributed by atoms with E-state index in [9.17, 15) is 4.79 Å². The number of nitrogens with zero attached hydrogens (tertiary/aromatic N) is 2. The van der Waals surface area contributed by atoms with Gasteiger partial charge in [-0.2, -0.15) is 5.10 Å². The molecule has 21 heavy (non-hydrogen) atoms. The monoisotopic (exact) mass is 286 g/mol. The molecule has 1 N–H and O–H groups in total.